The van der Waals surface area contributed by atoms with Crippen molar-refractivity contribution in [1.29, 1.82) is 0 Å². The SMILES string of the molecule is O=C(/C=C/c1ccc(Br)cc1)C[C@@](O)(c1ccccc1)C(F)(F)F. The summed E-state index contributed by atoms with van der Waals surface area (Å²) in [6.45, 7) is 0. The lowest BCUT2D eigenvalue weighted by Crippen LogP contribution is -2.43. The van der Waals surface area contributed by atoms with Crippen LogP contribution in [0, 0.1) is 0 Å². The van der Waals surface area contributed by atoms with Crippen LogP contribution in [0.4, 0.5) is 13.2 Å². The predicted molar refractivity (Wildman–Crippen MR) is 89.2 cm³/mol. The molecule has 24 heavy (non-hydrogen) atoms. The van der Waals surface area contributed by atoms with E-state index in [4.69, 9.17) is 0 Å². The van der Waals surface area contributed by atoms with Crippen molar-refractivity contribution in [3.05, 3.63) is 76.3 Å². The highest BCUT2D eigenvalue weighted by atomic mass is 79.9. The Balaban J connectivity index is 2.21. The van der Waals surface area contributed by atoms with Gasteiger partial charge < -0.3 is 5.11 Å². The number of alkyl halides is 3. The Labute approximate surface area is 145 Å². The maximum atomic E-state index is 13.3. The largest absolute Gasteiger partial charge is 0.421 e. The predicted octanol–water partition coefficient (Wildman–Crippen LogP) is 4.87. The minimum atomic E-state index is -4.96. The van der Waals surface area contributed by atoms with Crippen LogP contribution in [0.2, 0.25) is 0 Å². The monoisotopic (exact) mass is 398 g/mol. The van der Waals surface area contributed by atoms with E-state index in [1.807, 2.05) is 0 Å². The zero-order chi connectivity index (χ0) is 17.8. The van der Waals surface area contributed by atoms with Crippen molar-refractivity contribution in [1.82, 2.24) is 0 Å². The molecule has 0 aliphatic heterocycles. The molecular formula is C18H14BrF3O2. The number of ketones is 1. The topological polar surface area (TPSA) is 37.3 Å². The number of carbonyl (C=O) groups excluding carboxylic acids is 1. The third-order valence-electron chi connectivity index (χ3n) is 3.48. The second-order valence-electron chi connectivity index (χ2n) is 5.25. The summed E-state index contributed by atoms with van der Waals surface area (Å²) in [7, 11) is 0. The number of hydrogen-bond acceptors (Lipinski definition) is 2. The minimum Gasteiger partial charge on any atom is -0.376 e. The molecule has 0 radical (unpaired) electrons. The Morgan fingerprint density at radius 1 is 1.04 bits per heavy atom. The molecule has 0 saturated heterocycles. The molecule has 0 unspecified atom stereocenters. The van der Waals surface area contributed by atoms with E-state index >= 15 is 0 Å². The lowest BCUT2D eigenvalue weighted by atomic mass is 9.87. The van der Waals surface area contributed by atoms with Crippen molar-refractivity contribution in [2.45, 2.75) is 18.2 Å². The van der Waals surface area contributed by atoms with Crippen LogP contribution in [0.5, 0.6) is 0 Å². The molecule has 0 heterocycles. The normalized spacial score (nSPS) is 14.5. The molecule has 0 spiro atoms. The number of rotatable bonds is 5. The average molecular weight is 399 g/mol. The fraction of sp³-hybridized carbons (Fsp3) is 0.167. The molecule has 0 bridgehead atoms. The van der Waals surface area contributed by atoms with E-state index in [0.717, 1.165) is 22.7 Å². The summed E-state index contributed by atoms with van der Waals surface area (Å²) < 4.78 is 40.8. The molecular weight excluding hydrogens is 385 g/mol. The molecule has 0 saturated carbocycles. The molecule has 0 fully saturated rings. The van der Waals surface area contributed by atoms with Gasteiger partial charge in [0.15, 0.2) is 11.4 Å². The number of allylic oxidation sites excluding steroid dienone is 1. The number of hydrogen-bond donors (Lipinski definition) is 1. The van der Waals surface area contributed by atoms with Crippen LogP contribution in [0.25, 0.3) is 6.08 Å². The molecule has 1 N–H and O–H groups in total. The second kappa shape index (κ2) is 7.32. The number of carbonyl (C=O) groups is 1. The molecule has 2 aromatic rings. The standard InChI is InChI=1S/C18H14BrF3O2/c19-15-9-6-13(7-10-15)8-11-16(23)12-17(24,18(20,21)22)14-4-2-1-3-5-14/h1-11,24H,12H2/b11-8+/t17-/m1/s1. The van der Waals surface area contributed by atoms with E-state index in [1.54, 1.807) is 24.3 Å². The molecule has 2 aromatic carbocycles. The van der Waals surface area contributed by atoms with Crippen molar-refractivity contribution in [3.63, 3.8) is 0 Å². The second-order valence-corrected chi connectivity index (χ2v) is 6.17. The van der Waals surface area contributed by atoms with Crippen LogP contribution in [-0.2, 0) is 10.4 Å². The summed E-state index contributed by atoms with van der Waals surface area (Å²) in [4.78, 5) is 12.0. The van der Waals surface area contributed by atoms with Gasteiger partial charge in [0.2, 0.25) is 0 Å². The molecule has 0 aliphatic rings. The Morgan fingerprint density at radius 3 is 2.17 bits per heavy atom. The number of aliphatic hydroxyl groups is 1. The lowest BCUT2D eigenvalue weighted by molar-refractivity contribution is -0.266. The van der Waals surface area contributed by atoms with Gasteiger partial charge in [-0.2, -0.15) is 13.2 Å². The van der Waals surface area contributed by atoms with Crippen molar-refractivity contribution >= 4 is 27.8 Å². The van der Waals surface area contributed by atoms with Crippen molar-refractivity contribution < 1.29 is 23.1 Å². The van der Waals surface area contributed by atoms with Crippen LogP contribution in [0.3, 0.4) is 0 Å². The Kier molecular flexibility index (Phi) is 5.62. The summed E-state index contributed by atoms with van der Waals surface area (Å²) in [5.74, 6) is -0.818. The van der Waals surface area contributed by atoms with Crippen LogP contribution in [0.1, 0.15) is 17.5 Å². The third-order valence-corrected chi connectivity index (χ3v) is 4.01. The van der Waals surface area contributed by atoms with Gasteiger partial charge in [-0.1, -0.05) is 64.5 Å². The first-order chi connectivity index (χ1) is 11.2. The van der Waals surface area contributed by atoms with E-state index in [1.165, 1.54) is 24.3 Å². The number of benzene rings is 2. The van der Waals surface area contributed by atoms with E-state index in [9.17, 15) is 23.1 Å². The highest BCUT2D eigenvalue weighted by Crippen LogP contribution is 2.41. The summed E-state index contributed by atoms with van der Waals surface area (Å²) in [5.41, 5.74) is -2.90. The zero-order valence-corrected chi connectivity index (χ0v) is 14.0. The minimum absolute atomic E-state index is 0.358. The Bertz CT molecular complexity index is 724. The fourth-order valence-corrected chi connectivity index (χ4v) is 2.42. The molecule has 0 aromatic heterocycles. The first-order valence-electron chi connectivity index (χ1n) is 7.03. The van der Waals surface area contributed by atoms with Crippen LogP contribution < -0.4 is 0 Å². The van der Waals surface area contributed by atoms with Crippen molar-refractivity contribution in [2.75, 3.05) is 0 Å². The van der Waals surface area contributed by atoms with E-state index < -0.39 is 24.0 Å². The van der Waals surface area contributed by atoms with E-state index in [2.05, 4.69) is 15.9 Å². The molecule has 2 nitrogen and oxygen atoms in total. The van der Waals surface area contributed by atoms with Gasteiger partial charge in [-0.25, -0.2) is 0 Å². The maximum absolute atomic E-state index is 13.3. The summed E-state index contributed by atoms with van der Waals surface area (Å²) in [6, 6.07) is 13.5. The van der Waals surface area contributed by atoms with Gasteiger partial charge in [0, 0.05) is 4.47 Å². The van der Waals surface area contributed by atoms with Gasteiger partial charge in [-0.15, -0.1) is 0 Å². The van der Waals surface area contributed by atoms with Crippen LogP contribution in [0.15, 0.2) is 65.1 Å². The van der Waals surface area contributed by atoms with Gasteiger partial charge in [-0.3, -0.25) is 4.79 Å². The van der Waals surface area contributed by atoms with Gasteiger partial charge in [0.25, 0.3) is 0 Å². The zero-order valence-electron chi connectivity index (χ0n) is 12.4. The summed E-state index contributed by atoms with van der Waals surface area (Å²) in [6.07, 6.45) is -3.58. The highest BCUT2D eigenvalue weighted by Gasteiger charge is 2.55. The third kappa shape index (κ3) is 4.33. The molecule has 126 valence electrons. The molecule has 6 heteroatoms. The van der Waals surface area contributed by atoms with Crippen molar-refractivity contribution in [2.24, 2.45) is 0 Å². The maximum Gasteiger partial charge on any atom is 0.421 e. The van der Waals surface area contributed by atoms with Crippen LogP contribution >= 0.6 is 15.9 Å². The molecule has 0 aliphatic carbocycles. The molecule has 2 rings (SSSR count). The first-order valence-corrected chi connectivity index (χ1v) is 7.83. The summed E-state index contributed by atoms with van der Waals surface area (Å²) >= 11 is 3.26. The molecule has 1 atom stereocenters. The quantitative estimate of drug-likeness (QED) is 0.729. The smallest absolute Gasteiger partial charge is 0.376 e. The Morgan fingerprint density at radius 2 is 1.62 bits per heavy atom. The van der Waals surface area contributed by atoms with Gasteiger partial charge in [0.05, 0.1) is 6.42 Å². The van der Waals surface area contributed by atoms with E-state index in [-0.39, 0.29) is 5.56 Å². The average Bonchev–Trinajstić information content (AvgIpc) is 2.54. The molecule has 0 amide bonds. The number of halogens is 4. The van der Waals surface area contributed by atoms with E-state index in [0.29, 0.717) is 5.56 Å². The van der Waals surface area contributed by atoms with Gasteiger partial charge in [0.1, 0.15) is 0 Å². The first kappa shape index (κ1) is 18.4. The van der Waals surface area contributed by atoms with Crippen molar-refractivity contribution in [3.8, 4) is 0 Å². The van der Waals surface area contributed by atoms with Crippen LogP contribution in [-0.4, -0.2) is 17.1 Å². The summed E-state index contributed by atoms with van der Waals surface area (Å²) in [5, 5.41) is 10.1. The fourth-order valence-electron chi connectivity index (χ4n) is 2.15. The lowest BCUT2D eigenvalue weighted by Gasteiger charge is -2.30. The highest BCUT2D eigenvalue weighted by molar-refractivity contribution is 9.10. The van der Waals surface area contributed by atoms with Gasteiger partial charge >= 0.3 is 6.18 Å². The Hall–Kier alpha value is -1.92. The van der Waals surface area contributed by atoms with Gasteiger partial charge in [-0.05, 0) is 29.3 Å².